The van der Waals surface area contributed by atoms with Crippen molar-refractivity contribution in [3.63, 3.8) is 0 Å². The van der Waals surface area contributed by atoms with Crippen LogP contribution in [0, 0.1) is 4.77 Å². The minimum atomic E-state index is 0.690. The van der Waals surface area contributed by atoms with Crippen molar-refractivity contribution < 1.29 is 0 Å². The molecule has 0 spiro atoms. The molecule has 0 radical (unpaired) electrons. The lowest BCUT2D eigenvalue weighted by Crippen LogP contribution is -2.01. The summed E-state index contributed by atoms with van der Waals surface area (Å²) in [5, 5.41) is 6.62. The number of nitrogens with one attached hydrogen (secondary N) is 1. The Hall–Kier alpha value is -1.16. The fourth-order valence-corrected chi connectivity index (χ4v) is 1.55. The van der Waals surface area contributed by atoms with Crippen molar-refractivity contribution in [1.82, 2.24) is 14.8 Å². The highest BCUT2D eigenvalue weighted by atomic mass is 32.1. The normalized spacial score (nSPS) is 15.8. The van der Waals surface area contributed by atoms with Crippen molar-refractivity contribution in [3.8, 4) is 0 Å². The quantitative estimate of drug-likeness (QED) is 0.731. The van der Waals surface area contributed by atoms with Crippen LogP contribution in [0.25, 0.3) is 0 Å². The highest BCUT2D eigenvalue weighted by molar-refractivity contribution is 7.71. The Kier molecular flexibility index (Phi) is 2.40. The van der Waals surface area contributed by atoms with E-state index in [-0.39, 0.29) is 0 Å². The Morgan fingerprint density at radius 3 is 3.15 bits per heavy atom. The van der Waals surface area contributed by atoms with Crippen molar-refractivity contribution in [2.45, 2.75) is 19.4 Å². The molecule has 1 aliphatic carbocycles. The average Bonchev–Trinajstić information content (AvgIpc) is 2.54. The second kappa shape index (κ2) is 3.70. The summed E-state index contributed by atoms with van der Waals surface area (Å²) in [6, 6.07) is 0. The largest absolute Gasteiger partial charge is 0.303 e. The summed E-state index contributed by atoms with van der Waals surface area (Å²) in [6.07, 6.45) is 10.4. The van der Waals surface area contributed by atoms with Crippen LogP contribution in [0.1, 0.15) is 12.8 Å². The van der Waals surface area contributed by atoms with Crippen LogP contribution in [0.5, 0.6) is 0 Å². The molecule has 0 fully saturated rings. The third-order valence-corrected chi connectivity index (χ3v) is 2.42. The van der Waals surface area contributed by atoms with Crippen LogP contribution >= 0.6 is 12.2 Å². The van der Waals surface area contributed by atoms with Crippen molar-refractivity contribution in [1.29, 1.82) is 0 Å². The average molecular weight is 193 g/mol. The van der Waals surface area contributed by atoms with Gasteiger partial charge in [-0.2, -0.15) is 5.10 Å². The second-order valence-electron chi connectivity index (χ2n) is 3.08. The van der Waals surface area contributed by atoms with Crippen molar-refractivity contribution in [2.75, 3.05) is 0 Å². The summed E-state index contributed by atoms with van der Waals surface area (Å²) >= 11 is 5.05. The van der Waals surface area contributed by atoms with E-state index in [9.17, 15) is 0 Å². The molecule has 1 N–H and O–H groups in total. The predicted molar refractivity (Wildman–Crippen MR) is 53.9 cm³/mol. The number of rotatable bonds is 2. The summed E-state index contributed by atoms with van der Waals surface area (Å²) in [6.45, 7) is 0.861. The first-order valence-electron chi connectivity index (χ1n) is 4.30. The molecule has 0 saturated carbocycles. The van der Waals surface area contributed by atoms with Crippen LogP contribution in [0.2, 0.25) is 0 Å². The third-order valence-electron chi connectivity index (χ3n) is 2.09. The van der Waals surface area contributed by atoms with Crippen LogP contribution in [0.3, 0.4) is 0 Å². The molecule has 0 atom stereocenters. The minimum absolute atomic E-state index is 0.690. The van der Waals surface area contributed by atoms with Crippen molar-refractivity contribution in [2.24, 2.45) is 0 Å². The lowest BCUT2D eigenvalue weighted by atomic mass is 10.1. The van der Waals surface area contributed by atoms with Crippen LogP contribution in [0.4, 0.5) is 0 Å². The maximum Gasteiger partial charge on any atom is 0.195 e. The van der Waals surface area contributed by atoms with Gasteiger partial charge in [-0.25, -0.2) is 0 Å². The van der Waals surface area contributed by atoms with E-state index in [0.29, 0.717) is 4.77 Å². The van der Waals surface area contributed by atoms with Gasteiger partial charge in [-0.05, 0) is 25.1 Å². The number of hydrogen-bond donors (Lipinski definition) is 1. The number of allylic oxidation sites excluding steroid dienone is 4. The number of H-pyrrole nitrogens is 1. The molecule has 68 valence electrons. The van der Waals surface area contributed by atoms with Gasteiger partial charge in [0, 0.05) is 6.54 Å². The third kappa shape index (κ3) is 1.95. The van der Waals surface area contributed by atoms with Gasteiger partial charge in [-0.1, -0.05) is 23.8 Å². The van der Waals surface area contributed by atoms with E-state index < -0.39 is 0 Å². The lowest BCUT2D eigenvalue weighted by molar-refractivity contribution is 0.727. The van der Waals surface area contributed by atoms with Gasteiger partial charge in [0.2, 0.25) is 0 Å². The highest BCUT2D eigenvalue weighted by Crippen LogP contribution is 2.13. The maximum atomic E-state index is 5.05. The molecule has 1 aliphatic rings. The van der Waals surface area contributed by atoms with E-state index in [1.54, 1.807) is 6.33 Å². The first-order valence-corrected chi connectivity index (χ1v) is 4.71. The van der Waals surface area contributed by atoms with E-state index in [4.69, 9.17) is 12.2 Å². The predicted octanol–water partition coefficient (Wildman–Crippen LogP) is 2.22. The van der Waals surface area contributed by atoms with E-state index >= 15 is 0 Å². The zero-order valence-electron chi connectivity index (χ0n) is 7.23. The molecular weight excluding hydrogens is 182 g/mol. The number of aromatic amines is 1. The molecule has 13 heavy (non-hydrogen) atoms. The van der Waals surface area contributed by atoms with E-state index in [1.165, 1.54) is 5.57 Å². The topological polar surface area (TPSA) is 33.6 Å². The standard InChI is InChI=1S/C9H11N3S/c13-9-11-10-7-12(9)6-8-4-2-1-3-5-8/h1-2,4,7H,3,5-6H2,(H,11,13). The Labute approximate surface area is 81.8 Å². The number of nitrogens with zero attached hydrogens (tertiary/aromatic N) is 2. The first kappa shape index (κ1) is 8.44. The molecule has 0 amide bonds. The summed E-state index contributed by atoms with van der Waals surface area (Å²) < 4.78 is 2.64. The molecular formula is C9H11N3S. The van der Waals surface area contributed by atoms with Crippen LogP contribution in [-0.2, 0) is 6.54 Å². The van der Waals surface area contributed by atoms with Gasteiger partial charge in [0.25, 0.3) is 0 Å². The highest BCUT2D eigenvalue weighted by Gasteiger charge is 2.01. The maximum absolute atomic E-state index is 5.05. The smallest absolute Gasteiger partial charge is 0.195 e. The molecule has 2 rings (SSSR count). The van der Waals surface area contributed by atoms with Crippen LogP contribution in [-0.4, -0.2) is 14.8 Å². The van der Waals surface area contributed by atoms with Gasteiger partial charge in [-0.15, -0.1) is 0 Å². The van der Waals surface area contributed by atoms with Crippen LogP contribution < -0.4 is 0 Å². The number of hydrogen-bond acceptors (Lipinski definition) is 2. The van der Waals surface area contributed by atoms with Gasteiger partial charge >= 0.3 is 0 Å². The number of aromatic nitrogens is 3. The summed E-state index contributed by atoms with van der Waals surface area (Å²) in [4.78, 5) is 0. The van der Waals surface area contributed by atoms with E-state index in [0.717, 1.165) is 19.4 Å². The van der Waals surface area contributed by atoms with Crippen molar-refractivity contribution in [3.05, 3.63) is 34.9 Å². The van der Waals surface area contributed by atoms with Crippen LogP contribution in [0.15, 0.2) is 30.1 Å². The Morgan fingerprint density at radius 2 is 2.54 bits per heavy atom. The van der Waals surface area contributed by atoms with E-state index in [1.807, 2.05) is 4.57 Å². The fourth-order valence-electron chi connectivity index (χ4n) is 1.39. The SMILES string of the molecule is S=c1[nH]ncn1CC1=CC=CCC1. The monoisotopic (exact) mass is 193 g/mol. The molecule has 4 heteroatoms. The van der Waals surface area contributed by atoms with Gasteiger partial charge in [0.05, 0.1) is 0 Å². The molecule has 1 heterocycles. The molecule has 0 bridgehead atoms. The molecule has 1 aromatic heterocycles. The Bertz CT molecular complexity index is 397. The first-order chi connectivity index (χ1) is 6.36. The van der Waals surface area contributed by atoms with E-state index in [2.05, 4.69) is 28.4 Å². The molecule has 0 saturated heterocycles. The molecule has 0 aromatic carbocycles. The zero-order chi connectivity index (χ0) is 9.10. The molecule has 1 aromatic rings. The second-order valence-corrected chi connectivity index (χ2v) is 3.47. The van der Waals surface area contributed by atoms with Gasteiger partial charge < -0.3 is 4.57 Å². The minimum Gasteiger partial charge on any atom is -0.303 e. The zero-order valence-corrected chi connectivity index (χ0v) is 8.05. The van der Waals surface area contributed by atoms with Gasteiger partial charge in [0.1, 0.15) is 6.33 Å². The fraction of sp³-hybridized carbons (Fsp3) is 0.333. The summed E-state index contributed by atoms with van der Waals surface area (Å²) in [5.74, 6) is 0. The summed E-state index contributed by atoms with van der Waals surface area (Å²) in [7, 11) is 0. The van der Waals surface area contributed by atoms with Gasteiger partial charge in [0.15, 0.2) is 4.77 Å². The summed E-state index contributed by atoms with van der Waals surface area (Å²) in [5.41, 5.74) is 1.40. The molecule has 0 unspecified atom stereocenters. The lowest BCUT2D eigenvalue weighted by Gasteiger charge is -2.08. The molecule has 0 aliphatic heterocycles. The van der Waals surface area contributed by atoms with Crippen molar-refractivity contribution >= 4 is 12.2 Å². The van der Waals surface area contributed by atoms with Gasteiger partial charge in [-0.3, -0.25) is 5.10 Å². The molecule has 3 nitrogen and oxygen atoms in total. The Balaban J connectivity index is 2.14. The Morgan fingerprint density at radius 1 is 1.62 bits per heavy atom.